The van der Waals surface area contributed by atoms with Gasteiger partial charge in [0.2, 0.25) is 5.91 Å². The van der Waals surface area contributed by atoms with Crippen molar-refractivity contribution in [2.45, 2.75) is 13.3 Å². The van der Waals surface area contributed by atoms with Gasteiger partial charge in [-0.2, -0.15) is 0 Å². The van der Waals surface area contributed by atoms with Gasteiger partial charge in [-0.1, -0.05) is 34.5 Å². The van der Waals surface area contributed by atoms with E-state index < -0.39 is 5.91 Å². The normalized spacial score (nSPS) is 10.1. The van der Waals surface area contributed by atoms with E-state index in [0.717, 1.165) is 16.5 Å². The molecular weight excluding hydrogens is 253 g/mol. The van der Waals surface area contributed by atoms with Crippen LogP contribution in [0.4, 0.5) is 0 Å². The Morgan fingerprint density at radius 3 is 2.69 bits per heavy atom. The van der Waals surface area contributed by atoms with Gasteiger partial charge in [-0.25, -0.2) is 0 Å². The summed E-state index contributed by atoms with van der Waals surface area (Å²) in [4.78, 5) is 11.0. The van der Waals surface area contributed by atoms with Crippen LogP contribution in [0.5, 0.6) is 0 Å². The smallest absolute Gasteiger partial charge is 0.250 e. The molecule has 70 valence electrons. The van der Waals surface area contributed by atoms with E-state index in [1.54, 1.807) is 6.07 Å². The molecule has 0 saturated heterocycles. The van der Waals surface area contributed by atoms with Gasteiger partial charge >= 0.3 is 0 Å². The number of carbonyl (C=O) groups is 1. The molecule has 0 radical (unpaired) electrons. The highest BCUT2D eigenvalue weighted by atomic mass is 79.9. The van der Waals surface area contributed by atoms with Crippen molar-refractivity contribution in [3.05, 3.63) is 32.8 Å². The van der Waals surface area contributed by atoms with E-state index in [1.807, 2.05) is 13.0 Å². The lowest BCUT2D eigenvalue weighted by Gasteiger charge is -2.06. The summed E-state index contributed by atoms with van der Waals surface area (Å²) in [6.07, 6.45) is 0.776. The second-order valence-electron chi connectivity index (χ2n) is 2.64. The maximum atomic E-state index is 11.0. The SMILES string of the molecule is CCc1cc(Br)cc(C(N)=O)c1Cl. The Kier molecular flexibility index (Phi) is 3.33. The molecule has 2 N–H and O–H groups in total. The van der Waals surface area contributed by atoms with Crippen molar-refractivity contribution in [2.24, 2.45) is 5.73 Å². The van der Waals surface area contributed by atoms with Gasteiger partial charge in [0.05, 0.1) is 10.6 Å². The Hall–Kier alpha value is -0.540. The highest BCUT2D eigenvalue weighted by molar-refractivity contribution is 9.10. The molecule has 0 aromatic heterocycles. The predicted octanol–water partition coefficient (Wildman–Crippen LogP) is 2.76. The molecule has 0 heterocycles. The number of aryl methyl sites for hydroxylation is 1. The highest BCUT2D eigenvalue weighted by Gasteiger charge is 2.10. The quantitative estimate of drug-likeness (QED) is 0.875. The molecule has 1 rings (SSSR count). The Morgan fingerprint density at radius 1 is 1.62 bits per heavy atom. The molecule has 0 aliphatic carbocycles. The molecule has 1 aromatic carbocycles. The first-order chi connectivity index (χ1) is 6.06. The zero-order valence-corrected chi connectivity index (χ0v) is 9.45. The number of halogens is 2. The Bertz CT molecular complexity index is 352. The summed E-state index contributed by atoms with van der Waals surface area (Å²) >= 11 is 9.24. The summed E-state index contributed by atoms with van der Waals surface area (Å²) in [6, 6.07) is 3.51. The first-order valence-corrected chi connectivity index (χ1v) is 5.01. The molecule has 0 aliphatic rings. The minimum Gasteiger partial charge on any atom is -0.366 e. The third-order valence-corrected chi connectivity index (χ3v) is 2.66. The van der Waals surface area contributed by atoms with E-state index >= 15 is 0 Å². The molecule has 0 aliphatic heterocycles. The number of benzene rings is 1. The zero-order valence-electron chi connectivity index (χ0n) is 7.10. The molecule has 4 heteroatoms. The van der Waals surface area contributed by atoms with Crippen molar-refractivity contribution in [2.75, 3.05) is 0 Å². The second kappa shape index (κ2) is 4.11. The van der Waals surface area contributed by atoms with Crippen LogP contribution in [0.1, 0.15) is 22.8 Å². The van der Waals surface area contributed by atoms with Gasteiger partial charge in [-0.3, -0.25) is 4.79 Å². The first kappa shape index (κ1) is 10.5. The van der Waals surface area contributed by atoms with Crippen LogP contribution in [0.2, 0.25) is 5.02 Å². The van der Waals surface area contributed by atoms with Crippen molar-refractivity contribution >= 4 is 33.4 Å². The zero-order chi connectivity index (χ0) is 10.0. The lowest BCUT2D eigenvalue weighted by atomic mass is 10.1. The molecule has 2 nitrogen and oxygen atoms in total. The number of primary amides is 1. The maximum absolute atomic E-state index is 11.0. The van der Waals surface area contributed by atoms with Gasteiger partial charge in [-0.05, 0) is 24.1 Å². The van der Waals surface area contributed by atoms with Gasteiger partial charge < -0.3 is 5.73 Å². The molecule has 0 bridgehead atoms. The van der Waals surface area contributed by atoms with Crippen molar-refractivity contribution in [3.8, 4) is 0 Å². The second-order valence-corrected chi connectivity index (χ2v) is 3.94. The molecule has 0 saturated carbocycles. The van der Waals surface area contributed by atoms with Gasteiger partial charge in [0.25, 0.3) is 0 Å². The number of nitrogens with two attached hydrogens (primary N) is 1. The van der Waals surface area contributed by atoms with E-state index in [0.29, 0.717) is 10.6 Å². The number of hydrogen-bond acceptors (Lipinski definition) is 1. The summed E-state index contributed by atoms with van der Waals surface area (Å²) in [5, 5.41) is 0.457. The average Bonchev–Trinajstić information content (AvgIpc) is 2.08. The van der Waals surface area contributed by atoms with E-state index in [1.165, 1.54) is 0 Å². The average molecular weight is 263 g/mol. The molecule has 0 spiro atoms. The fraction of sp³-hybridized carbons (Fsp3) is 0.222. The summed E-state index contributed by atoms with van der Waals surface area (Å²) in [6.45, 7) is 1.97. The first-order valence-electron chi connectivity index (χ1n) is 3.84. The van der Waals surface area contributed by atoms with Crippen LogP contribution in [0, 0.1) is 0 Å². The van der Waals surface area contributed by atoms with E-state index in [2.05, 4.69) is 15.9 Å². The van der Waals surface area contributed by atoms with Gasteiger partial charge in [0, 0.05) is 4.47 Å². The van der Waals surface area contributed by atoms with Crippen molar-refractivity contribution in [1.29, 1.82) is 0 Å². The molecule has 0 unspecified atom stereocenters. The van der Waals surface area contributed by atoms with Crippen molar-refractivity contribution in [1.82, 2.24) is 0 Å². The molecule has 0 fully saturated rings. The van der Waals surface area contributed by atoms with Crippen LogP contribution in [0.25, 0.3) is 0 Å². The monoisotopic (exact) mass is 261 g/mol. The number of hydrogen-bond donors (Lipinski definition) is 1. The fourth-order valence-corrected chi connectivity index (χ4v) is 1.92. The Morgan fingerprint density at radius 2 is 2.23 bits per heavy atom. The Labute approximate surface area is 90.2 Å². The van der Waals surface area contributed by atoms with Crippen LogP contribution < -0.4 is 5.73 Å². The minimum absolute atomic E-state index is 0.368. The number of carbonyl (C=O) groups excluding carboxylic acids is 1. The molecule has 0 atom stereocenters. The van der Waals surface area contributed by atoms with Gasteiger partial charge in [-0.15, -0.1) is 0 Å². The Balaban J connectivity index is 3.35. The molecule has 1 amide bonds. The molecule has 1 aromatic rings. The van der Waals surface area contributed by atoms with Crippen molar-refractivity contribution in [3.63, 3.8) is 0 Å². The van der Waals surface area contributed by atoms with E-state index in [-0.39, 0.29) is 0 Å². The lowest BCUT2D eigenvalue weighted by molar-refractivity contribution is 0.100. The summed E-state index contributed by atoms with van der Waals surface area (Å²) in [5.41, 5.74) is 6.45. The highest BCUT2D eigenvalue weighted by Crippen LogP contribution is 2.26. The van der Waals surface area contributed by atoms with Crippen LogP contribution >= 0.6 is 27.5 Å². The largest absolute Gasteiger partial charge is 0.366 e. The predicted molar refractivity (Wildman–Crippen MR) is 57.0 cm³/mol. The summed E-state index contributed by atoms with van der Waals surface area (Å²) < 4.78 is 0.822. The van der Waals surface area contributed by atoms with Gasteiger partial charge in [0.1, 0.15) is 0 Å². The van der Waals surface area contributed by atoms with Crippen molar-refractivity contribution < 1.29 is 4.79 Å². The summed E-state index contributed by atoms with van der Waals surface area (Å²) in [5.74, 6) is -0.499. The third-order valence-electron chi connectivity index (χ3n) is 1.76. The molecule has 13 heavy (non-hydrogen) atoms. The maximum Gasteiger partial charge on any atom is 0.250 e. The third kappa shape index (κ3) is 2.23. The van der Waals surface area contributed by atoms with E-state index in [9.17, 15) is 4.79 Å². The summed E-state index contributed by atoms with van der Waals surface area (Å²) in [7, 11) is 0. The van der Waals surface area contributed by atoms with E-state index in [4.69, 9.17) is 17.3 Å². The fourth-order valence-electron chi connectivity index (χ4n) is 1.08. The van der Waals surface area contributed by atoms with Crippen LogP contribution in [0.15, 0.2) is 16.6 Å². The van der Waals surface area contributed by atoms with Crippen LogP contribution in [-0.2, 0) is 6.42 Å². The number of amides is 1. The van der Waals surface area contributed by atoms with Gasteiger partial charge in [0.15, 0.2) is 0 Å². The topological polar surface area (TPSA) is 43.1 Å². The van der Waals surface area contributed by atoms with Crippen LogP contribution in [0.3, 0.4) is 0 Å². The standard InChI is InChI=1S/C9H9BrClNO/c1-2-5-3-6(10)4-7(8(5)11)9(12)13/h3-4H,2H2,1H3,(H2,12,13). The lowest BCUT2D eigenvalue weighted by Crippen LogP contribution is -2.12. The van der Waals surface area contributed by atoms with Crippen LogP contribution in [-0.4, -0.2) is 5.91 Å². The number of rotatable bonds is 2. The molecular formula is C9H9BrClNO. The minimum atomic E-state index is -0.499.